The van der Waals surface area contributed by atoms with Crippen LogP contribution in [0, 0.1) is 0 Å². The van der Waals surface area contributed by atoms with E-state index in [1.54, 1.807) is 7.11 Å². The van der Waals surface area contributed by atoms with Crippen LogP contribution in [0.5, 0.6) is 5.75 Å². The van der Waals surface area contributed by atoms with E-state index < -0.39 is 0 Å². The molecule has 0 bridgehead atoms. The molecule has 1 aliphatic carbocycles. The first-order valence-corrected chi connectivity index (χ1v) is 6.20. The highest BCUT2D eigenvalue weighted by Gasteiger charge is 2.18. The molecule has 0 radical (unpaired) electrons. The molecule has 0 heterocycles. The largest absolute Gasteiger partial charge is 0.496 e. The Hall–Kier alpha value is -1.02. The Balaban J connectivity index is 2.04. The smallest absolute Gasteiger partial charge is 0.123 e. The average molecular weight is 219 g/mol. The number of hydrogen-bond donors (Lipinski definition) is 1. The van der Waals surface area contributed by atoms with E-state index >= 15 is 0 Å². The summed E-state index contributed by atoms with van der Waals surface area (Å²) in [6, 6.07) is 9.34. The van der Waals surface area contributed by atoms with E-state index in [1.165, 1.54) is 31.2 Å². The first-order chi connectivity index (χ1) is 7.81. The van der Waals surface area contributed by atoms with E-state index in [9.17, 15) is 0 Å². The van der Waals surface area contributed by atoms with Gasteiger partial charge in [0.2, 0.25) is 0 Å². The van der Waals surface area contributed by atoms with Crippen molar-refractivity contribution in [1.29, 1.82) is 0 Å². The second-order valence-corrected chi connectivity index (χ2v) is 4.61. The van der Waals surface area contributed by atoms with E-state index in [0.29, 0.717) is 12.1 Å². The molecule has 88 valence electrons. The highest BCUT2D eigenvalue weighted by molar-refractivity contribution is 5.35. The molecule has 1 fully saturated rings. The number of hydrogen-bond acceptors (Lipinski definition) is 2. The van der Waals surface area contributed by atoms with Gasteiger partial charge in [-0.3, -0.25) is 0 Å². The van der Waals surface area contributed by atoms with Crippen molar-refractivity contribution in [1.82, 2.24) is 5.32 Å². The monoisotopic (exact) mass is 219 g/mol. The van der Waals surface area contributed by atoms with Crippen molar-refractivity contribution in [2.45, 2.75) is 44.7 Å². The Morgan fingerprint density at radius 1 is 1.25 bits per heavy atom. The first kappa shape index (κ1) is 11.5. The molecule has 2 nitrogen and oxygen atoms in total. The lowest BCUT2D eigenvalue weighted by molar-refractivity contribution is 0.393. The first-order valence-electron chi connectivity index (χ1n) is 6.20. The number of rotatable bonds is 4. The van der Waals surface area contributed by atoms with Crippen LogP contribution in [0.3, 0.4) is 0 Å². The molecule has 1 N–H and O–H groups in total. The number of ether oxygens (including phenoxy) is 1. The minimum atomic E-state index is 0.374. The van der Waals surface area contributed by atoms with Crippen molar-refractivity contribution < 1.29 is 4.74 Å². The van der Waals surface area contributed by atoms with Gasteiger partial charge in [0.05, 0.1) is 7.11 Å². The van der Waals surface area contributed by atoms with Gasteiger partial charge in [-0.2, -0.15) is 0 Å². The number of nitrogens with one attached hydrogen (secondary N) is 1. The molecule has 0 saturated heterocycles. The van der Waals surface area contributed by atoms with Gasteiger partial charge in [0.1, 0.15) is 5.75 Å². The lowest BCUT2D eigenvalue weighted by Gasteiger charge is -2.21. The summed E-state index contributed by atoms with van der Waals surface area (Å²) in [6.07, 6.45) is 5.38. The van der Waals surface area contributed by atoms with Crippen molar-refractivity contribution in [3.05, 3.63) is 29.8 Å². The van der Waals surface area contributed by atoms with Gasteiger partial charge in [-0.15, -0.1) is 0 Å². The van der Waals surface area contributed by atoms with Crippen molar-refractivity contribution in [3.8, 4) is 5.75 Å². The quantitative estimate of drug-likeness (QED) is 0.839. The third-order valence-corrected chi connectivity index (χ3v) is 3.45. The maximum atomic E-state index is 5.39. The summed E-state index contributed by atoms with van der Waals surface area (Å²) in [5, 5.41) is 3.69. The molecule has 0 amide bonds. The molecule has 2 rings (SSSR count). The Kier molecular flexibility index (Phi) is 3.83. The lowest BCUT2D eigenvalue weighted by Crippen LogP contribution is -2.29. The predicted molar refractivity (Wildman–Crippen MR) is 66.8 cm³/mol. The van der Waals surface area contributed by atoms with Gasteiger partial charge in [0.15, 0.2) is 0 Å². The van der Waals surface area contributed by atoms with Crippen molar-refractivity contribution in [2.75, 3.05) is 7.11 Å². The molecule has 0 aromatic heterocycles. The Morgan fingerprint density at radius 3 is 2.62 bits per heavy atom. The fraction of sp³-hybridized carbons (Fsp3) is 0.571. The fourth-order valence-electron chi connectivity index (χ4n) is 2.56. The van der Waals surface area contributed by atoms with Gasteiger partial charge >= 0.3 is 0 Å². The summed E-state index contributed by atoms with van der Waals surface area (Å²) in [6.45, 7) is 2.22. The van der Waals surface area contributed by atoms with Gasteiger partial charge in [-0.1, -0.05) is 31.0 Å². The van der Waals surface area contributed by atoms with Crippen LogP contribution in [0.4, 0.5) is 0 Å². The molecule has 0 spiro atoms. The minimum absolute atomic E-state index is 0.374. The molecular formula is C14H21NO. The predicted octanol–water partition coefficient (Wildman–Crippen LogP) is 3.29. The zero-order valence-corrected chi connectivity index (χ0v) is 10.2. The normalized spacial score (nSPS) is 18.6. The molecule has 1 aromatic carbocycles. The fourth-order valence-corrected chi connectivity index (χ4v) is 2.56. The highest BCUT2D eigenvalue weighted by Crippen LogP contribution is 2.27. The second kappa shape index (κ2) is 5.35. The molecule has 1 saturated carbocycles. The number of methoxy groups -OCH3 is 1. The molecule has 2 heteroatoms. The van der Waals surface area contributed by atoms with Crippen LogP contribution in [-0.4, -0.2) is 13.2 Å². The third kappa shape index (κ3) is 2.56. The zero-order chi connectivity index (χ0) is 11.4. The van der Waals surface area contributed by atoms with Crippen molar-refractivity contribution in [3.63, 3.8) is 0 Å². The summed E-state index contributed by atoms with van der Waals surface area (Å²) in [5.41, 5.74) is 1.26. The van der Waals surface area contributed by atoms with E-state index in [1.807, 2.05) is 12.1 Å². The van der Waals surface area contributed by atoms with Crippen molar-refractivity contribution >= 4 is 0 Å². The molecule has 1 aliphatic rings. The standard InChI is InChI=1S/C14H21NO/c1-11(15-12-7-3-4-8-12)13-9-5-6-10-14(13)16-2/h5-6,9-12,15H,3-4,7-8H2,1-2H3/t11-/m0/s1. The summed E-state index contributed by atoms with van der Waals surface area (Å²) in [4.78, 5) is 0. The molecule has 1 atom stereocenters. The van der Waals surface area contributed by atoms with Crippen molar-refractivity contribution in [2.24, 2.45) is 0 Å². The van der Waals surface area contributed by atoms with E-state index in [2.05, 4.69) is 24.4 Å². The van der Waals surface area contributed by atoms with Crippen LogP contribution in [0.15, 0.2) is 24.3 Å². The van der Waals surface area contributed by atoms with Crippen LogP contribution < -0.4 is 10.1 Å². The average Bonchev–Trinajstić information content (AvgIpc) is 2.81. The summed E-state index contributed by atoms with van der Waals surface area (Å²) in [7, 11) is 1.74. The van der Waals surface area contributed by atoms with Gasteiger partial charge in [0, 0.05) is 17.6 Å². The molecular weight excluding hydrogens is 198 g/mol. The molecule has 0 aliphatic heterocycles. The van der Waals surface area contributed by atoms with E-state index in [0.717, 1.165) is 5.75 Å². The summed E-state index contributed by atoms with van der Waals surface area (Å²) >= 11 is 0. The lowest BCUT2D eigenvalue weighted by atomic mass is 10.1. The summed E-state index contributed by atoms with van der Waals surface area (Å²) in [5.74, 6) is 0.987. The maximum absolute atomic E-state index is 5.39. The number of benzene rings is 1. The second-order valence-electron chi connectivity index (χ2n) is 4.61. The molecule has 0 unspecified atom stereocenters. The SMILES string of the molecule is COc1ccccc1[C@H](C)NC1CCCC1. The summed E-state index contributed by atoms with van der Waals surface area (Å²) < 4.78 is 5.39. The topological polar surface area (TPSA) is 21.3 Å². The van der Waals surface area contributed by atoms with Gasteiger partial charge < -0.3 is 10.1 Å². The van der Waals surface area contributed by atoms with Crippen LogP contribution >= 0.6 is 0 Å². The van der Waals surface area contributed by atoms with Crippen LogP contribution in [0.25, 0.3) is 0 Å². The van der Waals surface area contributed by atoms with Crippen LogP contribution in [0.1, 0.15) is 44.2 Å². The Labute approximate surface area is 98.0 Å². The molecule has 1 aromatic rings. The maximum Gasteiger partial charge on any atom is 0.123 e. The van der Waals surface area contributed by atoms with Gasteiger partial charge in [0.25, 0.3) is 0 Å². The van der Waals surface area contributed by atoms with Crippen LogP contribution in [0.2, 0.25) is 0 Å². The zero-order valence-electron chi connectivity index (χ0n) is 10.2. The molecule has 16 heavy (non-hydrogen) atoms. The third-order valence-electron chi connectivity index (χ3n) is 3.45. The van der Waals surface area contributed by atoms with Gasteiger partial charge in [-0.05, 0) is 25.8 Å². The van der Waals surface area contributed by atoms with E-state index in [4.69, 9.17) is 4.74 Å². The Bertz CT molecular complexity index is 331. The number of para-hydroxylation sites is 1. The minimum Gasteiger partial charge on any atom is -0.496 e. The van der Waals surface area contributed by atoms with Crippen LogP contribution in [-0.2, 0) is 0 Å². The Morgan fingerprint density at radius 2 is 1.94 bits per heavy atom. The van der Waals surface area contributed by atoms with E-state index in [-0.39, 0.29) is 0 Å². The van der Waals surface area contributed by atoms with Gasteiger partial charge in [-0.25, -0.2) is 0 Å². The highest BCUT2D eigenvalue weighted by atomic mass is 16.5.